The van der Waals surface area contributed by atoms with Crippen molar-refractivity contribution in [1.82, 2.24) is 30.0 Å². The summed E-state index contributed by atoms with van der Waals surface area (Å²) in [6.45, 7) is 7.36. The number of hydrogen-bond donors (Lipinski definition) is 2. The van der Waals surface area contributed by atoms with Gasteiger partial charge in [-0.05, 0) is 6.92 Å². The van der Waals surface area contributed by atoms with E-state index in [1.807, 2.05) is 20.8 Å². The number of ether oxygens (including phenoxy) is 1. The molecule has 2 aromatic rings. The van der Waals surface area contributed by atoms with Gasteiger partial charge in [0.15, 0.2) is 11.6 Å². The molecule has 8 nitrogen and oxygen atoms in total. The van der Waals surface area contributed by atoms with Crippen molar-refractivity contribution in [2.75, 3.05) is 19.7 Å². The first-order valence-corrected chi connectivity index (χ1v) is 7.39. The molecular weight excluding hydrogens is 284 g/mol. The van der Waals surface area contributed by atoms with E-state index >= 15 is 0 Å². The van der Waals surface area contributed by atoms with Gasteiger partial charge in [0.1, 0.15) is 17.6 Å². The summed E-state index contributed by atoms with van der Waals surface area (Å²) >= 11 is 0. The molecule has 1 fully saturated rings. The predicted molar refractivity (Wildman–Crippen MR) is 78.4 cm³/mol. The smallest absolute Gasteiger partial charge is 0.272 e. The second kappa shape index (κ2) is 5.88. The third-order valence-corrected chi connectivity index (χ3v) is 3.63. The number of aryl methyl sites for hydroxylation is 1. The number of rotatable bonds is 3. The van der Waals surface area contributed by atoms with Crippen LogP contribution in [0.3, 0.4) is 0 Å². The van der Waals surface area contributed by atoms with Gasteiger partial charge < -0.3 is 14.6 Å². The summed E-state index contributed by atoms with van der Waals surface area (Å²) in [5.74, 6) is 2.33. The number of nitrogens with one attached hydrogen (secondary N) is 2. The molecule has 1 saturated heterocycles. The fraction of sp³-hybridized carbons (Fsp3) is 0.571. The van der Waals surface area contributed by atoms with Gasteiger partial charge in [0.05, 0.1) is 19.3 Å². The van der Waals surface area contributed by atoms with Crippen LogP contribution in [0.2, 0.25) is 0 Å². The lowest BCUT2D eigenvalue weighted by Crippen LogP contribution is -2.42. The SMILES string of the molecule is Cc1ncc(C(=O)N2CCO[C@@H](c3nc(C(C)C)n[nH]3)C2)[nH]1. The van der Waals surface area contributed by atoms with E-state index in [1.54, 1.807) is 11.1 Å². The number of morpholine rings is 1. The van der Waals surface area contributed by atoms with Crippen LogP contribution in [0.15, 0.2) is 6.20 Å². The van der Waals surface area contributed by atoms with Crippen LogP contribution < -0.4 is 0 Å². The van der Waals surface area contributed by atoms with Crippen molar-refractivity contribution in [3.63, 3.8) is 0 Å². The van der Waals surface area contributed by atoms with Crippen molar-refractivity contribution < 1.29 is 9.53 Å². The molecule has 0 aliphatic carbocycles. The van der Waals surface area contributed by atoms with Crippen LogP contribution in [0.4, 0.5) is 0 Å². The van der Waals surface area contributed by atoms with Crippen LogP contribution in [-0.2, 0) is 4.74 Å². The first kappa shape index (κ1) is 14.7. The zero-order valence-corrected chi connectivity index (χ0v) is 13.0. The van der Waals surface area contributed by atoms with Crippen LogP contribution in [0.1, 0.15) is 53.8 Å². The summed E-state index contributed by atoms with van der Waals surface area (Å²) in [4.78, 5) is 25.7. The zero-order valence-electron chi connectivity index (χ0n) is 13.0. The number of imidazole rings is 1. The maximum atomic E-state index is 12.5. The molecule has 118 valence electrons. The van der Waals surface area contributed by atoms with E-state index in [0.717, 1.165) is 11.6 Å². The molecule has 3 rings (SSSR count). The first-order chi connectivity index (χ1) is 10.5. The van der Waals surface area contributed by atoms with E-state index in [9.17, 15) is 4.79 Å². The van der Waals surface area contributed by atoms with Crippen molar-refractivity contribution in [3.05, 3.63) is 29.4 Å². The standard InChI is InChI=1S/C14H20N6O2/c1-8(2)12-17-13(19-18-12)11-7-20(4-5-22-11)14(21)10-6-15-9(3)16-10/h6,8,11H,4-5,7H2,1-3H3,(H,15,16)(H,17,18,19)/t11-/m1/s1. The largest absolute Gasteiger partial charge is 0.367 e. The highest BCUT2D eigenvalue weighted by atomic mass is 16.5. The van der Waals surface area contributed by atoms with Gasteiger partial charge in [0, 0.05) is 12.5 Å². The fourth-order valence-corrected chi connectivity index (χ4v) is 2.39. The Kier molecular flexibility index (Phi) is 3.93. The summed E-state index contributed by atoms with van der Waals surface area (Å²) < 4.78 is 5.73. The molecule has 0 unspecified atom stereocenters. The Hall–Kier alpha value is -2.22. The first-order valence-electron chi connectivity index (χ1n) is 7.39. The van der Waals surface area contributed by atoms with E-state index in [0.29, 0.717) is 31.2 Å². The van der Waals surface area contributed by atoms with E-state index in [-0.39, 0.29) is 17.9 Å². The molecule has 1 amide bonds. The second-order valence-electron chi connectivity index (χ2n) is 5.73. The van der Waals surface area contributed by atoms with Crippen LogP contribution >= 0.6 is 0 Å². The Morgan fingerprint density at radius 2 is 2.32 bits per heavy atom. The minimum atomic E-state index is -0.276. The average Bonchev–Trinajstić information content (AvgIpc) is 3.15. The van der Waals surface area contributed by atoms with E-state index in [2.05, 4.69) is 25.1 Å². The fourth-order valence-electron chi connectivity index (χ4n) is 2.39. The molecule has 0 saturated carbocycles. The molecule has 2 aromatic heterocycles. The lowest BCUT2D eigenvalue weighted by Gasteiger charge is -2.31. The van der Waals surface area contributed by atoms with Crippen LogP contribution in [0.25, 0.3) is 0 Å². The number of carbonyl (C=O) groups is 1. The van der Waals surface area contributed by atoms with Crippen molar-refractivity contribution in [2.24, 2.45) is 0 Å². The summed E-state index contributed by atoms with van der Waals surface area (Å²) in [6.07, 6.45) is 1.29. The highest BCUT2D eigenvalue weighted by Gasteiger charge is 2.29. The highest BCUT2D eigenvalue weighted by Crippen LogP contribution is 2.21. The van der Waals surface area contributed by atoms with Gasteiger partial charge in [0.25, 0.3) is 5.91 Å². The number of nitrogens with zero attached hydrogens (tertiary/aromatic N) is 4. The molecular formula is C14H20N6O2. The zero-order chi connectivity index (χ0) is 15.7. The normalized spacial score (nSPS) is 18.9. The van der Waals surface area contributed by atoms with E-state index in [4.69, 9.17) is 4.74 Å². The molecule has 0 spiro atoms. The Labute approximate surface area is 128 Å². The number of H-pyrrole nitrogens is 2. The Bertz CT molecular complexity index is 662. The second-order valence-corrected chi connectivity index (χ2v) is 5.73. The van der Waals surface area contributed by atoms with Gasteiger partial charge in [-0.2, -0.15) is 5.10 Å². The third kappa shape index (κ3) is 2.87. The lowest BCUT2D eigenvalue weighted by atomic mass is 10.2. The summed E-state index contributed by atoms with van der Waals surface area (Å²) in [5, 5.41) is 7.10. The molecule has 1 atom stereocenters. The molecule has 3 heterocycles. The maximum Gasteiger partial charge on any atom is 0.272 e. The number of carbonyl (C=O) groups excluding carboxylic acids is 1. The summed E-state index contributed by atoms with van der Waals surface area (Å²) in [6, 6.07) is 0. The molecule has 0 radical (unpaired) electrons. The van der Waals surface area contributed by atoms with Gasteiger partial charge in [-0.3, -0.25) is 9.89 Å². The minimum absolute atomic E-state index is 0.0718. The highest BCUT2D eigenvalue weighted by molar-refractivity contribution is 5.92. The summed E-state index contributed by atoms with van der Waals surface area (Å²) in [5.41, 5.74) is 0.499. The molecule has 1 aliphatic rings. The van der Waals surface area contributed by atoms with Crippen molar-refractivity contribution in [3.8, 4) is 0 Å². The molecule has 0 bridgehead atoms. The van der Waals surface area contributed by atoms with Crippen LogP contribution in [-0.4, -0.2) is 55.7 Å². The van der Waals surface area contributed by atoms with Crippen molar-refractivity contribution in [1.29, 1.82) is 0 Å². The number of aromatic nitrogens is 5. The summed E-state index contributed by atoms with van der Waals surface area (Å²) in [7, 11) is 0. The maximum absolute atomic E-state index is 12.5. The monoisotopic (exact) mass is 304 g/mol. The Morgan fingerprint density at radius 1 is 1.50 bits per heavy atom. The quantitative estimate of drug-likeness (QED) is 0.886. The minimum Gasteiger partial charge on any atom is -0.367 e. The van der Waals surface area contributed by atoms with E-state index < -0.39 is 0 Å². The third-order valence-electron chi connectivity index (χ3n) is 3.63. The average molecular weight is 304 g/mol. The molecule has 8 heteroatoms. The van der Waals surface area contributed by atoms with Gasteiger partial charge in [0.2, 0.25) is 0 Å². The number of hydrogen-bond acceptors (Lipinski definition) is 5. The van der Waals surface area contributed by atoms with E-state index in [1.165, 1.54) is 0 Å². The Morgan fingerprint density at radius 3 is 2.95 bits per heavy atom. The van der Waals surface area contributed by atoms with Crippen molar-refractivity contribution >= 4 is 5.91 Å². The number of aromatic amines is 2. The van der Waals surface area contributed by atoms with Crippen LogP contribution in [0.5, 0.6) is 0 Å². The molecule has 22 heavy (non-hydrogen) atoms. The Balaban J connectivity index is 1.72. The van der Waals surface area contributed by atoms with Gasteiger partial charge in [-0.15, -0.1) is 0 Å². The molecule has 2 N–H and O–H groups in total. The van der Waals surface area contributed by atoms with Crippen LogP contribution in [0, 0.1) is 6.92 Å². The predicted octanol–water partition coefficient (Wildman–Crippen LogP) is 1.17. The lowest BCUT2D eigenvalue weighted by molar-refractivity contribution is -0.0268. The molecule has 1 aliphatic heterocycles. The number of amides is 1. The molecule has 0 aromatic carbocycles. The van der Waals surface area contributed by atoms with Gasteiger partial charge in [-0.1, -0.05) is 13.8 Å². The van der Waals surface area contributed by atoms with Gasteiger partial charge >= 0.3 is 0 Å². The topological polar surface area (TPSA) is 99.8 Å². The van der Waals surface area contributed by atoms with Gasteiger partial charge in [-0.25, -0.2) is 9.97 Å². The van der Waals surface area contributed by atoms with Crippen molar-refractivity contribution in [2.45, 2.75) is 32.8 Å².